The maximum Gasteiger partial charge on any atom is 0.323 e. The Morgan fingerprint density at radius 3 is 2.47 bits per heavy atom. The van der Waals surface area contributed by atoms with E-state index in [-0.39, 0.29) is 12.0 Å². The molecule has 0 bridgehead atoms. The second kappa shape index (κ2) is 4.12. The van der Waals surface area contributed by atoms with Gasteiger partial charge in [0.15, 0.2) is 0 Å². The van der Waals surface area contributed by atoms with Crippen LogP contribution < -0.4 is 0 Å². The predicted octanol–water partition coefficient (Wildman–Crippen LogP) is 1.67. The van der Waals surface area contributed by atoms with Gasteiger partial charge in [-0.1, -0.05) is 6.92 Å². The van der Waals surface area contributed by atoms with Gasteiger partial charge in [-0.3, -0.25) is 9.69 Å². The number of rotatable bonds is 3. The normalized spacial score (nSPS) is 34.1. The molecule has 1 aliphatic carbocycles. The van der Waals surface area contributed by atoms with Crippen molar-refractivity contribution in [3.05, 3.63) is 0 Å². The smallest absolute Gasteiger partial charge is 0.323 e. The van der Waals surface area contributed by atoms with Crippen LogP contribution in [0.3, 0.4) is 0 Å². The van der Waals surface area contributed by atoms with Gasteiger partial charge in [-0.25, -0.2) is 0 Å². The van der Waals surface area contributed by atoms with Crippen molar-refractivity contribution < 1.29 is 9.53 Å². The number of methoxy groups -OCH3 is 1. The average molecular weight is 211 g/mol. The van der Waals surface area contributed by atoms with Gasteiger partial charge < -0.3 is 4.74 Å². The van der Waals surface area contributed by atoms with Crippen molar-refractivity contribution in [3.8, 4) is 0 Å². The van der Waals surface area contributed by atoms with Crippen LogP contribution in [-0.4, -0.2) is 36.6 Å². The summed E-state index contributed by atoms with van der Waals surface area (Å²) in [4.78, 5) is 14.1. The summed E-state index contributed by atoms with van der Waals surface area (Å²) in [5, 5.41) is 0. The number of hydrogen-bond donors (Lipinski definition) is 0. The summed E-state index contributed by atoms with van der Waals surface area (Å²) < 4.78 is 4.93. The minimum atomic E-state index is -0.0292. The van der Waals surface area contributed by atoms with Crippen LogP contribution in [0.5, 0.6) is 0 Å². The zero-order valence-electron chi connectivity index (χ0n) is 9.90. The largest absolute Gasteiger partial charge is 0.468 e. The number of carbonyl (C=O) groups is 1. The number of esters is 1. The highest BCUT2D eigenvalue weighted by atomic mass is 16.5. The molecule has 3 nitrogen and oxygen atoms in total. The Kier molecular flexibility index (Phi) is 3.01. The summed E-state index contributed by atoms with van der Waals surface area (Å²) in [6.07, 6.45) is 3.59. The Hall–Kier alpha value is -0.570. The van der Waals surface area contributed by atoms with Crippen molar-refractivity contribution in [1.29, 1.82) is 0 Å². The number of likely N-dealkylation sites (tertiary alicyclic amines) is 1. The van der Waals surface area contributed by atoms with Crippen molar-refractivity contribution in [3.63, 3.8) is 0 Å². The van der Waals surface area contributed by atoms with Crippen LogP contribution in [-0.2, 0) is 9.53 Å². The van der Waals surface area contributed by atoms with Gasteiger partial charge in [0.1, 0.15) is 6.04 Å². The summed E-state index contributed by atoms with van der Waals surface area (Å²) >= 11 is 0. The molecule has 0 radical (unpaired) electrons. The molecule has 0 aromatic carbocycles. The van der Waals surface area contributed by atoms with Crippen LogP contribution in [0.25, 0.3) is 0 Å². The van der Waals surface area contributed by atoms with E-state index < -0.39 is 0 Å². The maximum absolute atomic E-state index is 11.8. The van der Waals surface area contributed by atoms with Crippen LogP contribution in [0.15, 0.2) is 0 Å². The molecule has 3 heteroatoms. The highest BCUT2D eigenvalue weighted by molar-refractivity contribution is 5.76. The van der Waals surface area contributed by atoms with Gasteiger partial charge >= 0.3 is 5.97 Å². The fraction of sp³-hybridized carbons (Fsp3) is 0.917. The molecule has 3 unspecified atom stereocenters. The van der Waals surface area contributed by atoms with Gasteiger partial charge in [-0.2, -0.15) is 0 Å². The van der Waals surface area contributed by atoms with Gasteiger partial charge in [-0.15, -0.1) is 0 Å². The summed E-state index contributed by atoms with van der Waals surface area (Å²) in [6, 6.07) is 0.569. The summed E-state index contributed by atoms with van der Waals surface area (Å²) in [7, 11) is 1.50. The van der Waals surface area contributed by atoms with Crippen LogP contribution in [0, 0.1) is 11.8 Å². The van der Waals surface area contributed by atoms with Gasteiger partial charge in [0.25, 0.3) is 0 Å². The Morgan fingerprint density at radius 1 is 1.40 bits per heavy atom. The first-order valence-corrected chi connectivity index (χ1v) is 5.97. The molecule has 1 saturated carbocycles. The minimum absolute atomic E-state index is 0.0292. The van der Waals surface area contributed by atoms with Crippen molar-refractivity contribution in [2.45, 2.75) is 45.2 Å². The summed E-state index contributed by atoms with van der Waals surface area (Å²) in [5.41, 5.74) is 0. The molecule has 0 N–H and O–H groups in total. The van der Waals surface area contributed by atoms with Crippen molar-refractivity contribution >= 4 is 5.97 Å². The zero-order valence-corrected chi connectivity index (χ0v) is 9.90. The number of carbonyl (C=O) groups excluding carboxylic acids is 1. The van der Waals surface area contributed by atoms with E-state index in [0.29, 0.717) is 17.9 Å². The lowest BCUT2D eigenvalue weighted by molar-refractivity contribution is -0.148. The first-order valence-electron chi connectivity index (χ1n) is 5.97. The number of hydrogen-bond acceptors (Lipinski definition) is 3. The molecule has 2 aliphatic rings. The molecule has 1 saturated heterocycles. The molecule has 86 valence electrons. The number of ether oxygens (including phenoxy) is 1. The summed E-state index contributed by atoms with van der Waals surface area (Å²) in [6.45, 7) is 5.54. The molecular weight excluding hydrogens is 190 g/mol. The van der Waals surface area contributed by atoms with Crippen LogP contribution in [0.4, 0.5) is 0 Å². The highest BCUT2D eigenvalue weighted by Gasteiger charge is 2.44. The standard InChI is InChI=1S/C12H21NO2/c1-8-6-9(2)13(7-8)11(10-4-5-10)12(14)15-3/h8-11H,4-7H2,1-3H3. The average Bonchev–Trinajstić information content (AvgIpc) is 2.95. The molecule has 3 atom stereocenters. The van der Waals surface area contributed by atoms with E-state index in [2.05, 4.69) is 18.7 Å². The molecule has 1 heterocycles. The number of nitrogens with zero attached hydrogens (tertiary/aromatic N) is 1. The molecular formula is C12H21NO2. The molecule has 0 amide bonds. The van der Waals surface area contributed by atoms with E-state index in [0.717, 1.165) is 6.54 Å². The van der Waals surface area contributed by atoms with Crippen LogP contribution in [0.1, 0.15) is 33.1 Å². The fourth-order valence-corrected chi connectivity index (χ4v) is 2.85. The fourth-order valence-electron chi connectivity index (χ4n) is 2.85. The molecule has 0 aromatic rings. The SMILES string of the molecule is COC(=O)C(C1CC1)N1CC(C)CC1C. The lowest BCUT2D eigenvalue weighted by atomic mass is 10.1. The first kappa shape index (κ1) is 10.9. The zero-order chi connectivity index (χ0) is 11.0. The Balaban J connectivity index is 2.07. The summed E-state index contributed by atoms with van der Waals surface area (Å²) in [5.74, 6) is 1.24. The maximum atomic E-state index is 11.8. The third kappa shape index (κ3) is 2.17. The van der Waals surface area contributed by atoms with Gasteiger partial charge in [0.2, 0.25) is 0 Å². The Morgan fingerprint density at radius 2 is 2.07 bits per heavy atom. The van der Waals surface area contributed by atoms with Crippen LogP contribution >= 0.6 is 0 Å². The molecule has 15 heavy (non-hydrogen) atoms. The van der Waals surface area contributed by atoms with E-state index in [1.54, 1.807) is 0 Å². The van der Waals surface area contributed by atoms with Crippen molar-refractivity contribution in [2.75, 3.05) is 13.7 Å². The van der Waals surface area contributed by atoms with E-state index in [4.69, 9.17) is 4.74 Å². The van der Waals surface area contributed by atoms with Gasteiger partial charge in [0.05, 0.1) is 7.11 Å². The quantitative estimate of drug-likeness (QED) is 0.665. The Bertz CT molecular complexity index is 250. The third-order valence-electron chi connectivity index (χ3n) is 3.70. The highest BCUT2D eigenvalue weighted by Crippen LogP contribution is 2.39. The van der Waals surface area contributed by atoms with E-state index in [1.807, 2.05) is 0 Å². The topological polar surface area (TPSA) is 29.5 Å². The Labute approximate surface area is 91.8 Å². The molecule has 2 fully saturated rings. The minimum Gasteiger partial charge on any atom is -0.468 e. The molecule has 2 rings (SSSR count). The van der Waals surface area contributed by atoms with Crippen LogP contribution in [0.2, 0.25) is 0 Å². The van der Waals surface area contributed by atoms with Gasteiger partial charge in [0, 0.05) is 12.6 Å². The van der Waals surface area contributed by atoms with Gasteiger partial charge in [-0.05, 0) is 38.0 Å². The van der Waals surface area contributed by atoms with Crippen molar-refractivity contribution in [2.24, 2.45) is 11.8 Å². The lowest BCUT2D eigenvalue weighted by Gasteiger charge is -2.29. The monoisotopic (exact) mass is 211 g/mol. The van der Waals surface area contributed by atoms with E-state index in [9.17, 15) is 4.79 Å². The molecule has 1 aliphatic heterocycles. The van der Waals surface area contributed by atoms with Crippen molar-refractivity contribution in [1.82, 2.24) is 4.90 Å². The third-order valence-corrected chi connectivity index (χ3v) is 3.70. The van der Waals surface area contributed by atoms with E-state index in [1.165, 1.54) is 26.4 Å². The predicted molar refractivity (Wildman–Crippen MR) is 58.5 cm³/mol. The van der Waals surface area contributed by atoms with E-state index >= 15 is 0 Å². The lowest BCUT2D eigenvalue weighted by Crippen LogP contribution is -2.45. The molecule has 0 spiro atoms. The molecule has 0 aromatic heterocycles. The first-order chi connectivity index (χ1) is 7.13. The second-order valence-electron chi connectivity index (χ2n) is 5.19. The second-order valence-corrected chi connectivity index (χ2v) is 5.19.